The van der Waals surface area contributed by atoms with Crippen LogP contribution in [0.15, 0.2) is 5.51 Å². The van der Waals surface area contributed by atoms with Crippen LogP contribution in [-0.2, 0) is 9.53 Å². The lowest BCUT2D eigenvalue weighted by Gasteiger charge is -2.34. The van der Waals surface area contributed by atoms with E-state index in [1.807, 2.05) is 0 Å². The Labute approximate surface area is 114 Å². The van der Waals surface area contributed by atoms with Crippen LogP contribution in [0.3, 0.4) is 0 Å². The quantitative estimate of drug-likeness (QED) is 0.835. The van der Waals surface area contributed by atoms with E-state index in [9.17, 15) is 9.59 Å². The second-order valence-electron chi connectivity index (χ2n) is 3.97. The maximum Gasteiger partial charge on any atom is 0.323 e. The molecule has 3 amide bonds. The second kappa shape index (κ2) is 6.43. The first-order valence-corrected chi connectivity index (χ1v) is 6.67. The van der Waals surface area contributed by atoms with E-state index in [0.717, 1.165) is 0 Å². The van der Waals surface area contributed by atoms with Crippen LogP contribution in [0.4, 0.5) is 9.93 Å². The number of rotatable bonds is 3. The van der Waals surface area contributed by atoms with Crippen molar-refractivity contribution < 1.29 is 14.3 Å². The van der Waals surface area contributed by atoms with Crippen LogP contribution in [-0.4, -0.2) is 71.8 Å². The first kappa shape index (κ1) is 13.7. The number of ether oxygens (including phenoxy) is 1. The molecule has 0 unspecified atom stereocenters. The molecule has 2 heterocycles. The van der Waals surface area contributed by atoms with Crippen LogP contribution in [0.25, 0.3) is 0 Å². The molecule has 0 aliphatic carbocycles. The van der Waals surface area contributed by atoms with Crippen LogP contribution in [0.5, 0.6) is 0 Å². The first-order chi connectivity index (χ1) is 9.20. The number of anilines is 1. The van der Waals surface area contributed by atoms with Crippen molar-refractivity contribution in [3.63, 3.8) is 0 Å². The summed E-state index contributed by atoms with van der Waals surface area (Å²) < 4.78 is 4.80. The molecule has 0 bridgehead atoms. The number of methoxy groups -OCH3 is 1. The summed E-state index contributed by atoms with van der Waals surface area (Å²) in [5.41, 5.74) is 1.55. The summed E-state index contributed by atoms with van der Waals surface area (Å²) in [6.45, 7) is 2.12. The maximum absolute atomic E-state index is 11.9. The van der Waals surface area contributed by atoms with Crippen molar-refractivity contribution in [1.29, 1.82) is 0 Å². The van der Waals surface area contributed by atoms with Gasteiger partial charge in [-0.15, -0.1) is 10.2 Å². The minimum Gasteiger partial charge on any atom is -0.375 e. The maximum atomic E-state index is 11.9. The lowest BCUT2D eigenvalue weighted by atomic mass is 10.3. The van der Waals surface area contributed by atoms with Gasteiger partial charge in [0.15, 0.2) is 0 Å². The van der Waals surface area contributed by atoms with Crippen molar-refractivity contribution in [2.24, 2.45) is 0 Å². The molecule has 0 radical (unpaired) electrons. The van der Waals surface area contributed by atoms with E-state index in [-0.39, 0.29) is 18.5 Å². The smallest absolute Gasteiger partial charge is 0.323 e. The Morgan fingerprint density at radius 2 is 2.05 bits per heavy atom. The van der Waals surface area contributed by atoms with Gasteiger partial charge in [0.05, 0.1) is 0 Å². The fourth-order valence-corrected chi connectivity index (χ4v) is 2.21. The number of urea groups is 1. The van der Waals surface area contributed by atoms with E-state index in [2.05, 4.69) is 15.5 Å². The highest BCUT2D eigenvalue weighted by Gasteiger charge is 2.24. The number of aromatic nitrogens is 2. The van der Waals surface area contributed by atoms with Crippen molar-refractivity contribution in [2.75, 3.05) is 45.2 Å². The van der Waals surface area contributed by atoms with Gasteiger partial charge in [-0.25, -0.2) is 4.79 Å². The van der Waals surface area contributed by atoms with E-state index in [1.54, 1.807) is 15.3 Å². The van der Waals surface area contributed by atoms with Crippen LogP contribution in [0.2, 0.25) is 0 Å². The highest BCUT2D eigenvalue weighted by molar-refractivity contribution is 7.13. The average molecular weight is 285 g/mol. The van der Waals surface area contributed by atoms with Gasteiger partial charge in [0, 0.05) is 33.3 Å². The molecule has 1 saturated heterocycles. The van der Waals surface area contributed by atoms with Crippen LogP contribution >= 0.6 is 11.3 Å². The van der Waals surface area contributed by atoms with Gasteiger partial charge in [0.25, 0.3) is 0 Å². The summed E-state index contributed by atoms with van der Waals surface area (Å²) in [7, 11) is 1.49. The highest BCUT2D eigenvalue weighted by Crippen LogP contribution is 2.10. The molecule has 0 saturated carbocycles. The first-order valence-electron chi connectivity index (χ1n) is 5.79. The summed E-state index contributed by atoms with van der Waals surface area (Å²) in [4.78, 5) is 26.8. The Balaban J connectivity index is 1.79. The average Bonchev–Trinajstić information content (AvgIpc) is 2.92. The number of nitrogens with one attached hydrogen (secondary N) is 1. The largest absolute Gasteiger partial charge is 0.375 e. The van der Waals surface area contributed by atoms with Gasteiger partial charge in [0.2, 0.25) is 11.0 Å². The zero-order valence-corrected chi connectivity index (χ0v) is 11.4. The fourth-order valence-electron chi connectivity index (χ4n) is 1.77. The van der Waals surface area contributed by atoms with Crippen molar-refractivity contribution in [3.05, 3.63) is 5.51 Å². The second-order valence-corrected chi connectivity index (χ2v) is 4.81. The molecular weight excluding hydrogens is 270 g/mol. The third kappa shape index (κ3) is 3.61. The van der Waals surface area contributed by atoms with Crippen molar-refractivity contribution in [3.8, 4) is 0 Å². The molecule has 104 valence electrons. The molecule has 1 aromatic rings. The Morgan fingerprint density at radius 3 is 2.63 bits per heavy atom. The summed E-state index contributed by atoms with van der Waals surface area (Å²) in [5, 5.41) is 10.5. The highest BCUT2D eigenvalue weighted by atomic mass is 32.1. The number of nitrogens with zero attached hydrogens (tertiary/aromatic N) is 4. The Morgan fingerprint density at radius 1 is 1.37 bits per heavy atom. The van der Waals surface area contributed by atoms with Gasteiger partial charge in [0.1, 0.15) is 12.1 Å². The number of hydrogen-bond acceptors (Lipinski definition) is 6. The molecule has 0 aromatic carbocycles. The number of carbonyl (C=O) groups is 2. The number of carbonyl (C=O) groups excluding carboxylic acids is 2. The SMILES string of the molecule is COCC(=O)N1CCN(C(=O)Nc2nncs2)CC1. The van der Waals surface area contributed by atoms with Gasteiger partial charge in [-0.3, -0.25) is 10.1 Å². The molecule has 2 rings (SSSR count). The van der Waals surface area contributed by atoms with Crippen LogP contribution < -0.4 is 5.32 Å². The summed E-state index contributed by atoms with van der Waals surface area (Å²) >= 11 is 1.27. The standard InChI is InChI=1S/C10H15N5O3S/c1-18-6-8(16)14-2-4-15(5-3-14)10(17)12-9-13-11-7-19-9/h7H,2-6H2,1H3,(H,12,13,17). The topological polar surface area (TPSA) is 87.7 Å². The molecule has 19 heavy (non-hydrogen) atoms. The van der Waals surface area contributed by atoms with Gasteiger partial charge >= 0.3 is 6.03 Å². The molecule has 1 aliphatic rings. The van der Waals surface area contributed by atoms with E-state index >= 15 is 0 Å². The molecule has 0 atom stereocenters. The summed E-state index contributed by atoms with van der Waals surface area (Å²) in [5.74, 6) is -0.0494. The molecule has 1 aromatic heterocycles. The molecule has 0 spiro atoms. The Bertz CT molecular complexity index is 430. The predicted molar refractivity (Wildman–Crippen MR) is 69.0 cm³/mol. The van der Waals surface area contributed by atoms with E-state index in [1.165, 1.54) is 18.4 Å². The Hall–Kier alpha value is -1.74. The molecule has 1 N–H and O–H groups in total. The third-order valence-corrected chi connectivity index (χ3v) is 3.37. The van der Waals surface area contributed by atoms with Gasteiger partial charge in [-0.1, -0.05) is 11.3 Å². The minimum absolute atomic E-state index is 0.0494. The normalized spacial score (nSPS) is 15.4. The van der Waals surface area contributed by atoms with Crippen LogP contribution in [0.1, 0.15) is 0 Å². The minimum atomic E-state index is -0.212. The van der Waals surface area contributed by atoms with Gasteiger partial charge in [-0.05, 0) is 0 Å². The van der Waals surface area contributed by atoms with Gasteiger partial charge in [-0.2, -0.15) is 0 Å². The third-order valence-electron chi connectivity index (χ3n) is 2.76. The van der Waals surface area contributed by atoms with E-state index in [0.29, 0.717) is 31.3 Å². The van der Waals surface area contributed by atoms with E-state index < -0.39 is 0 Å². The molecule has 8 nitrogen and oxygen atoms in total. The van der Waals surface area contributed by atoms with Crippen molar-refractivity contribution >= 4 is 28.4 Å². The molecule has 1 aliphatic heterocycles. The number of piperazine rings is 1. The molecular formula is C10H15N5O3S. The molecule has 9 heteroatoms. The summed E-state index contributed by atoms with van der Waals surface area (Å²) in [6, 6.07) is -0.212. The van der Waals surface area contributed by atoms with Crippen LogP contribution in [0, 0.1) is 0 Å². The fraction of sp³-hybridized carbons (Fsp3) is 0.600. The lowest BCUT2D eigenvalue weighted by Crippen LogP contribution is -2.52. The lowest BCUT2D eigenvalue weighted by molar-refractivity contribution is -0.136. The monoisotopic (exact) mass is 285 g/mol. The molecule has 1 fully saturated rings. The number of amides is 3. The summed E-state index contributed by atoms with van der Waals surface area (Å²) in [6.07, 6.45) is 0. The predicted octanol–water partition coefficient (Wildman–Crippen LogP) is -0.139. The van der Waals surface area contributed by atoms with Crippen molar-refractivity contribution in [1.82, 2.24) is 20.0 Å². The zero-order chi connectivity index (χ0) is 13.7. The number of hydrogen-bond donors (Lipinski definition) is 1. The van der Waals surface area contributed by atoms with Crippen molar-refractivity contribution in [2.45, 2.75) is 0 Å². The van der Waals surface area contributed by atoms with E-state index in [4.69, 9.17) is 4.74 Å². The zero-order valence-electron chi connectivity index (χ0n) is 10.5. The van der Waals surface area contributed by atoms with Gasteiger partial charge < -0.3 is 14.5 Å². The Kier molecular flexibility index (Phi) is 4.63.